The molecule has 1 aromatic rings. The Morgan fingerprint density at radius 3 is 2.65 bits per heavy atom. The summed E-state index contributed by atoms with van der Waals surface area (Å²) in [6.45, 7) is 0.769. The van der Waals surface area contributed by atoms with Crippen LogP contribution in [0.25, 0.3) is 0 Å². The lowest BCUT2D eigenvalue weighted by molar-refractivity contribution is 0.0909. The van der Waals surface area contributed by atoms with E-state index in [0.29, 0.717) is 34.0 Å². The third-order valence-electron chi connectivity index (χ3n) is 4.00. The van der Waals surface area contributed by atoms with Crippen molar-refractivity contribution in [3.8, 4) is 0 Å². The van der Waals surface area contributed by atoms with E-state index in [4.69, 9.17) is 23.2 Å². The van der Waals surface area contributed by atoms with E-state index in [1.165, 1.54) is 0 Å². The molecule has 0 saturated heterocycles. The second-order valence-electron chi connectivity index (χ2n) is 5.32. The van der Waals surface area contributed by atoms with Crippen LogP contribution in [0.3, 0.4) is 0 Å². The van der Waals surface area contributed by atoms with Crippen LogP contribution < -0.4 is 5.32 Å². The highest BCUT2D eigenvalue weighted by molar-refractivity contribution is 6.35. The monoisotopic (exact) mass is 315 g/mol. The zero-order valence-electron chi connectivity index (χ0n) is 11.2. The van der Waals surface area contributed by atoms with Crippen LogP contribution in [0.2, 0.25) is 10.0 Å². The van der Waals surface area contributed by atoms with Crippen molar-refractivity contribution in [3.05, 3.63) is 33.8 Å². The summed E-state index contributed by atoms with van der Waals surface area (Å²) in [5.41, 5.74) is 0.399. The van der Waals surface area contributed by atoms with Crippen LogP contribution in [-0.4, -0.2) is 24.2 Å². The van der Waals surface area contributed by atoms with Crippen molar-refractivity contribution in [1.29, 1.82) is 0 Å². The number of hydrogen-bond donors (Lipinski definition) is 2. The van der Waals surface area contributed by atoms with E-state index in [1.807, 2.05) is 0 Å². The highest BCUT2D eigenvalue weighted by atomic mass is 35.5. The van der Waals surface area contributed by atoms with Gasteiger partial charge in [-0.2, -0.15) is 0 Å². The summed E-state index contributed by atoms with van der Waals surface area (Å²) >= 11 is 11.9. The summed E-state index contributed by atoms with van der Waals surface area (Å²) in [5, 5.41) is 13.2. The van der Waals surface area contributed by atoms with Crippen LogP contribution in [0.15, 0.2) is 18.2 Å². The molecule has 2 unspecified atom stereocenters. The second-order valence-corrected chi connectivity index (χ2v) is 6.17. The van der Waals surface area contributed by atoms with Gasteiger partial charge in [0.05, 0.1) is 10.6 Å². The lowest BCUT2D eigenvalue weighted by Gasteiger charge is -2.30. The van der Waals surface area contributed by atoms with Gasteiger partial charge in [0.25, 0.3) is 5.91 Å². The van der Waals surface area contributed by atoms with Crippen molar-refractivity contribution in [1.82, 2.24) is 5.32 Å². The minimum Gasteiger partial charge on any atom is -0.396 e. The highest BCUT2D eigenvalue weighted by Crippen LogP contribution is 2.29. The lowest BCUT2D eigenvalue weighted by Crippen LogP contribution is -2.35. The van der Waals surface area contributed by atoms with Gasteiger partial charge in [0, 0.05) is 18.2 Å². The number of carbonyl (C=O) groups is 1. The smallest absolute Gasteiger partial charge is 0.252 e. The number of aliphatic hydroxyl groups is 1. The molecule has 1 aliphatic rings. The van der Waals surface area contributed by atoms with Crippen LogP contribution in [0.5, 0.6) is 0 Å². The Morgan fingerprint density at radius 2 is 1.95 bits per heavy atom. The van der Waals surface area contributed by atoms with Gasteiger partial charge in [0.15, 0.2) is 0 Å². The molecule has 1 aliphatic carbocycles. The molecule has 0 bridgehead atoms. The van der Waals surface area contributed by atoms with Crippen LogP contribution in [0.4, 0.5) is 0 Å². The van der Waals surface area contributed by atoms with Crippen LogP contribution in [0.1, 0.15) is 36.0 Å². The van der Waals surface area contributed by atoms with Gasteiger partial charge in [-0.25, -0.2) is 0 Å². The number of carbonyl (C=O) groups excluding carboxylic acids is 1. The minimum absolute atomic E-state index is 0.193. The molecular formula is C15H19Cl2NO2. The first kappa shape index (κ1) is 15.6. The summed E-state index contributed by atoms with van der Waals surface area (Å²) < 4.78 is 0. The summed E-state index contributed by atoms with van der Waals surface area (Å²) in [4.78, 5) is 12.1. The Morgan fingerprint density at radius 1 is 1.25 bits per heavy atom. The molecule has 1 saturated carbocycles. The second kappa shape index (κ2) is 7.30. The zero-order chi connectivity index (χ0) is 14.5. The molecule has 0 radical (unpaired) electrons. The molecule has 5 heteroatoms. The van der Waals surface area contributed by atoms with Crippen molar-refractivity contribution in [2.45, 2.75) is 25.7 Å². The summed E-state index contributed by atoms with van der Waals surface area (Å²) in [6, 6.07) is 4.85. The van der Waals surface area contributed by atoms with E-state index in [0.717, 1.165) is 25.7 Å². The zero-order valence-corrected chi connectivity index (χ0v) is 12.8. The number of nitrogens with one attached hydrogen (secondary N) is 1. The summed E-state index contributed by atoms with van der Waals surface area (Å²) in [5.74, 6) is 0.425. The Labute approximate surface area is 129 Å². The number of benzene rings is 1. The molecule has 0 aliphatic heterocycles. The third-order valence-corrected chi connectivity index (χ3v) is 4.56. The molecule has 0 heterocycles. The molecular weight excluding hydrogens is 297 g/mol. The van der Waals surface area contributed by atoms with Crippen LogP contribution in [0, 0.1) is 11.8 Å². The fourth-order valence-corrected chi connectivity index (χ4v) is 3.16. The predicted octanol–water partition coefficient (Wildman–Crippen LogP) is 3.52. The Hall–Kier alpha value is -0.770. The van der Waals surface area contributed by atoms with Crippen molar-refractivity contribution in [3.63, 3.8) is 0 Å². The molecule has 110 valence electrons. The first-order chi connectivity index (χ1) is 9.61. The van der Waals surface area contributed by atoms with E-state index in [-0.39, 0.29) is 12.5 Å². The van der Waals surface area contributed by atoms with Gasteiger partial charge >= 0.3 is 0 Å². The third kappa shape index (κ3) is 3.87. The molecule has 2 N–H and O–H groups in total. The quantitative estimate of drug-likeness (QED) is 0.893. The Bertz CT molecular complexity index is 479. The van der Waals surface area contributed by atoms with E-state index in [1.54, 1.807) is 18.2 Å². The maximum Gasteiger partial charge on any atom is 0.252 e. The Kier molecular flexibility index (Phi) is 5.70. The van der Waals surface area contributed by atoms with Crippen LogP contribution in [-0.2, 0) is 0 Å². The molecule has 2 rings (SSSR count). The average molecular weight is 316 g/mol. The van der Waals surface area contributed by atoms with E-state index < -0.39 is 0 Å². The number of aliphatic hydroxyl groups excluding tert-OH is 1. The number of hydrogen-bond acceptors (Lipinski definition) is 2. The van der Waals surface area contributed by atoms with Crippen LogP contribution >= 0.6 is 23.2 Å². The van der Waals surface area contributed by atoms with Crippen molar-refractivity contribution in [2.75, 3.05) is 13.2 Å². The molecule has 1 fully saturated rings. The molecule has 1 aromatic carbocycles. The van der Waals surface area contributed by atoms with Gasteiger partial charge in [-0.3, -0.25) is 4.79 Å². The maximum atomic E-state index is 12.1. The first-order valence-electron chi connectivity index (χ1n) is 6.96. The maximum absolute atomic E-state index is 12.1. The van der Waals surface area contributed by atoms with Gasteiger partial charge in [-0.15, -0.1) is 0 Å². The number of rotatable bonds is 4. The average Bonchev–Trinajstić information content (AvgIpc) is 2.47. The molecule has 0 spiro atoms. The van der Waals surface area contributed by atoms with Gasteiger partial charge < -0.3 is 10.4 Å². The number of amides is 1. The molecule has 0 aromatic heterocycles. The molecule has 1 amide bonds. The highest BCUT2D eigenvalue weighted by Gasteiger charge is 2.25. The van der Waals surface area contributed by atoms with E-state index >= 15 is 0 Å². The van der Waals surface area contributed by atoms with Gasteiger partial charge in [-0.05, 0) is 42.9 Å². The molecule has 3 nitrogen and oxygen atoms in total. The standard InChI is InChI=1S/C15H19Cl2NO2/c16-12-5-6-14(17)13(7-12)15(20)18-8-10-3-1-2-4-11(10)9-19/h5-7,10-11,19H,1-4,8-9H2,(H,18,20). The lowest BCUT2D eigenvalue weighted by atomic mass is 9.79. The number of halogens is 2. The minimum atomic E-state index is -0.209. The van der Waals surface area contributed by atoms with Crippen molar-refractivity contribution >= 4 is 29.1 Å². The van der Waals surface area contributed by atoms with Gasteiger partial charge in [-0.1, -0.05) is 36.0 Å². The molecule has 2 atom stereocenters. The summed E-state index contributed by atoms with van der Waals surface area (Å²) in [7, 11) is 0. The van der Waals surface area contributed by atoms with Crippen molar-refractivity contribution in [2.24, 2.45) is 11.8 Å². The first-order valence-corrected chi connectivity index (χ1v) is 7.71. The Balaban J connectivity index is 1.96. The van der Waals surface area contributed by atoms with E-state index in [2.05, 4.69) is 5.32 Å². The predicted molar refractivity (Wildman–Crippen MR) is 81.3 cm³/mol. The van der Waals surface area contributed by atoms with E-state index in [9.17, 15) is 9.90 Å². The normalized spacial score (nSPS) is 22.6. The van der Waals surface area contributed by atoms with Gasteiger partial charge in [0.2, 0.25) is 0 Å². The summed E-state index contributed by atoms with van der Waals surface area (Å²) in [6.07, 6.45) is 4.41. The fourth-order valence-electron chi connectivity index (χ4n) is 2.78. The SMILES string of the molecule is O=C(NCC1CCCCC1CO)c1cc(Cl)ccc1Cl. The molecule has 20 heavy (non-hydrogen) atoms. The topological polar surface area (TPSA) is 49.3 Å². The van der Waals surface area contributed by atoms with Crippen molar-refractivity contribution < 1.29 is 9.90 Å². The van der Waals surface area contributed by atoms with Gasteiger partial charge in [0.1, 0.15) is 0 Å². The largest absolute Gasteiger partial charge is 0.396 e. The fraction of sp³-hybridized carbons (Fsp3) is 0.533.